The molecule has 3 aliphatic rings. The smallest absolute Gasteiger partial charge is 0.224 e. The minimum Gasteiger partial charge on any atom is -0.487 e. The molecule has 1 aromatic heterocycles. The third-order valence-electron chi connectivity index (χ3n) is 6.13. The number of carbonyl (C=O) groups excluding carboxylic acids is 2. The topological polar surface area (TPSA) is 101 Å². The number of para-hydroxylation sites is 1. The zero-order chi connectivity index (χ0) is 21.6. The fourth-order valence-corrected chi connectivity index (χ4v) is 4.56. The van der Waals surface area contributed by atoms with Gasteiger partial charge in [0.05, 0.1) is 18.7 Å². The predicted molar refractivity (Wildman–Crippen MR) is 114 cm³/mol. The molecule has 2 aromatic rings. The van der Waals surface area contributed by atoms with Gasteiger partial charge in [-0.1, -0.05) is 23.4 Å². The molecule has 3 fully saturated rings. The van der Waals surface area contributed by atoms with Crippen LogP contribution in [0.15, 0.2) is 36.5 Å². The van der Waals surface area contributed by atoms with Gasteiger partial charge in [-0.3, -0.25) is 19.2 Å². The number of nitrogens with zero attached hydrogens (tertiary/aromatic N) is 4. The summed E-state index contributed by atoms with van der Waals surface area (Å²) in [6.07, 6.45) is 3.98. The first-order valence-corrected chi connectivity index (χ1v) is 10.9. The number of amides is 2. The number of hydrogen-bond donors (Lipinski definition) is 2. The lowest BCUT2D eigenvalue weighted by molar-refractivity contribution is -0.133. The Bertz CT molecular complexity index is 886. The van der Waals surface area contributed by atoms with Gasteiger partial charge in [0.2, 0.25) is 11.8 Å². The Hall–Kier alpha value is -2.94. The van der Waals surface area contributed by atoms with Crippen molar-refractivity contribution < 1.29 is 14.3 Å². The first-order valence-electron chi connectivity index (χ1n) is 10.9. The zero-order valence-electron chi connectivity index (χ0n) is 17.9. The highest BCUT2D eigenvalue weighted by Crippen LogP contribution is 2.36. The second-order valence-corrected chi connectivity index (χ2v) is 8.35. The normalized spacial score (nSPS) is 24.5. The third-order valence-corrected chi connectivity index (χ3v) is 6.13. The Balaban J connectivity index is 1.25. The molecule has 0 aliphatic carbocycles. The maximum absolute atomic E-state index is 12.6. The molecular weight excluding hydrogens is 396 g/mol. The van der Waals surface area contributed by atoms with Crippen molar-refractivity contribution in [3.8, 4) is 5.75 Å². The summed E-state index contributed by atoms with van der Waals surface area (Å²) in [5.41, 5.74) is 0.802. The van der Waals surface area contributed by atoms with E-state index in [1.165, 1.54) is 6.92 Å². The molecule has 2 N–H and O–H groups in total. The van der Waals surface area contributed by atoms with E-state index < -0.39 is 0 Å². The molecule has 3 aliphatic heterocycles. The quantitative estimate of drug-likeness (QED) is 0.576. The Morgan fingerprint density at radius 1 is 1.19 bits per heavy atom. The van der Waals surface area contributed by atoms with E-state index in [1.807, 2.05) is 41.2 Å². The van der Waals surface area contributed by atoms with Crippen molar-refractivity contribution in [3.63, 3.8) is 0 Å². The Kier molecular flexibility index (Phi) is 6.81. The van der Waals surface area contributed by atoms with Gasteiger partial charge in [0.15, 0.2) is 0 Å². The second-order valence-electron chi connectivity index (χ2n) is 8.35. The zero-order valence-corrected chi connectivity index (χ0v) is 17.9. The molecule has 2 bridgehead atoms. The van der Waals surface area contributed by atoms with Crippen molar-refractivity contribution >= 4 is 11.8 Å². The first-order chi connectivity index (χ1) is 15.1. The largest absolute Gasteiger partial charge is 0.487 e. The molecule has 5 rings (SSSR count). The van der Waals surface area contributed by atoms with Crippen LogP contribution in [0.25, 0.3) is 0 Å². The number of carbonyl (C=O) groups is 2. The van der Waals surface area contributed by atoms with Crippen molar-refractivity contribution in [2.75, 3.05) is 26.2 Å². The summed E-state index contributed by atoms with van der Waals surface area (Å²) in [5.74, 6) is 1.24. The number of benzene rings is 1. The predicted octanol–water partition coefficient (Wildman–Crippen LogP) is 0.820. The van der Waals surface area contributed by atoms with Crippen LogP contribution in [0.4, 0.5) is 0 Å². The number of piperidine rings is 3. The fourth-order valence-electron chi connectivity index (χ4n) is 4.56. The Morgan fingerprint density at radius 3 is 2.74 bits per heavy atom. The van der Waals surface area contributed by atoms with Crippen LogP contribution in [0.2, 0.25) is 0 Å². The van der Waals surface area contributed by atoms with Gasteiger partial charge in [0.25, 0.3) is 0 Å². The van der Waals surface area contributed by atoms with Crippen LogP contribution in [-0.4, -0.2) is 63.9 Å². The minimum absolute atomic E-state index is 0.0212. The molecule has 9 nitrogen and oxygen atoms in total. The van der Waals surface area contributed by atoms with Crippen LogP contribution in [0.5, 0.6) is 5.75 Å². The molecule has 166 valence electrons. The number of nitrogens with one attached hydrogen (secondary N) is 2. The van der Waals surface area contributed by atoms with Crippen LogP contribution < -0.4 is 15.4 Å². The van der Waals surface area contributed by atoms with E-state index in [9.17, 15) is 9.59 Å². The van der Waals surface area contributed by atoms with Crippen molar-refractivity contribution in [2.24, 2.45) is 11.8 Å². The Morgan fingerprint density at radius 2 is 2.00 bits per heavy atom. The van der Waals surface area contributed by atoms with E-state index in [-0.39, 0.29) is 17.7 Å². The van der Waals surface area contributed by atoms with E-state index >= 15 is 0 Å². The SMILES string of the molecule is CC(=O)NCCNC(=O)[C@H]1CN2CC[C@H]1C[C@@H]2Cn1cc(COc2ccccc2)nn1. The van der Waals surface area contributed by atoms with E-state index in [0.717, 1.165) is 43.9 Å². The summed E-state index contributed by atoms with van der Waals surface area (Å²) < 4.78 is 7.63. The van der Waals surface area contributed by atoms with Crippen LogP contribution in [0, 0.1) is 11.8 Å². The summed E-state index contributed by atoms with van der Waals surface area (Å²) in [6.45, 7) is 5.37. The maximum Gasteiger partial charge on any atom is 0.224 e. The van der Waals surface area contributed by atoms with E-state index in [2.05, 4.69) is 25.8 Å². The van der Waals surface area contributed by atoms with Crippen molar-refractivity contribution in [2.45, 2.75) is 39.0 Å². The van der Waals surface area contributed by atoms with Gasteiger partial charge in [-0.05, 0) is 37.4 Å². The lowest BCUT2D eigenvalue weighted by Crippen LogP contribution is -2.58. The number of rotatable bonds is 9. The highest BCUT2D eigenvalue weighted by atomic mass is 16.5. The second kappa shape index (κ2) is 9.91. The van der Waals surface area contributed by atoms with Crippen molar-refractivity contribution in [1.82, 2.24) is 30.5 Å². The lowest BCUT2D eigenvalue weighted by Gasteiger charge is -2.49. The van der Waals surface area contributed by atoms with Crippen molar-refractivity contribution in [1.29, 1.82) is 0 Å². The first kappa shape index (κ1) is 21.3. The number of ether oxygens (including phenoxy) is 1. The van der Waals surface area contributed by atoms with Gasteiger partial charge in [0.1, 0.15) is 18.1 Å². The monoisotopic (exact) mass is 426 g/mol. The summed E-state index contributed by atoms with van der Waals surface area (Å²) in [5, 5.41) is 14.2. The molecule has 9 heteroatoms. The standard InChI is InChI=1S/C22H30N6O3/c1-16(29)23-8-9-24-22(30)21-14-27-10-7-17(21)11-19(27)13-28-12-18(25-26-28)15-31-20-5-3-2-4-6-20/h2-6,12,17,19,21H,7-11,13-15H2,1H3,(H,23,29)(H,24,30)/t17-,19+,21-/m0/s1. The maximum atomic E-state index is 12.6. The highest BCUT2D eigenvalue weighted by Gasteiger charge is 2.43. The number of fused-ring (bicyclic) bond motifs is 3. The molecule has 2 amide bonds. The fraction of sp³-hybridized carbons (Fsp3) is 0.545. The van der Waals surface area contributed by atoms with Gasteiger partial charge in [-0.15, -0.1) is 5.10 Å². The Labute approximate surface area is 182 Å². The summed E-state index contributed by atoms with van der Waals surface area (Å²) in [4.78, 5) is 25.9. The summed E-state index contributed by atoms with van der Waals surface area (Å²) >= 11 is 0. The van der Waals surface area contributed by atoms with Crippen LogP contribution in [0.1, 0.15) is 25.5 Å². The molecule has 1 aromatic carbocycles. The van der Waals surface area contributed by atoms with Gasteiger partial charge < -0.3 is 15.4 Å². The van der Waals surface area contributed by atoms with Gasteiger partial charge in [-0.2, -0.15) is 0 Å². The van der Waals surface area contributed by atoms with E-state index in [1.54, 1.807) is 0 Å². The molecule has 0 spiro atoms. The molecule has 31 heavy (non-hydrogen) atoms. The van der Waals surface area contributed by atoms with Crippen LogP contribution in [-0.2, 0) is 22.7 Å². The number of hydrogen-bond acceptors (Lipinski definition) is 6. The van der Waals surface area contributed by atoms with Crippen LogP contribution in [0.3, 0.4) is 0 Å². The molecule has 1 unspecified atom stereocenters. The average molecular weight is 427 g/mol. The molecule has 3 saturated heterocycles. The summed E-state index contributed by atoms with van der Waals surface area (Å²) in [7, 11) is 0. The van der Waals surface area contributed by atoms with E-state index in [0.29, 0.717) is 31.7 Å². The molecular formula is C22H30N6O3. The average Bonchev–Trinajstić information content (AvgIpc) is 3.23. The van der Waals surface area contributed by atoms with Crippen LogP contribution >= 0.6 is 0 Å². The number of aromatic nitrogens is 3. The van der Waals surface area contributed by atoms with Gasteiger partial charge in [0, 0.05) is 32.6 Å². The molecule has 0 radical (unpaired) electrons. The van der Waals surface area contributed by atoms with Gasteiger partial charge >= 0.3 is 0 Å². The molecule has 4 atom stereocenters. The van der Waals surface area contributed by atoms with Crippen molar-refractivity contribution in [3.05, 3.63) is 42.2 Å². The highest BCUT2D eigenvalue weighted by molar-refractivity contribution is 5.79. The van der Waals surface area contributed by atoms with Gasteiger partial charge in [-0.25, -0.2) is 0 Å². The van der Waals surface area contributed by atoms with E-state index in [4.69, 9.17) is 4.74 Å². The molecule has 4 heterocycles. The molecule has 0 saturated carbocycles. The third kappa shape index (κ3) is 5.61. The minimum atomic E-state index is -0.0807. The lowest BCUT2D eigenvalue weighted by atomic mass is 9.75. The summed E-state index contributed by atoms with van der Waals surface area (Å²) in [6, 6.07) is 10.0.